The van der Waals surface area contributed by atoms with Crippen LogP contribution in [-0.4, -0.2) is 86.6 Å². The number of carbonyl (C=O) groups excluding carboxylic acids is 2. The van der Waals surface area contributed by atoms with Crippen LogP contribution >= 0.6 is 0 Å². The lowest BCUT2D eigenvalue weighted by molar-refractivity contribution is -0.393. The van der Waals surface area contributed by atoms with Crippen LogP contribution in [0.25, 0.3) is 0 Å². The summed E-state index contributed by atoms with van der Waals surface area (Å²) in [5.74, 6) is -1.01. The summed E-state index contributed by atoms with van der Waals surface area (Å²) < 4.78 is 73.6. The van der Waals surface area contributed by atoms with E-state index < -0.39 is 73.4 Å². The minimum Gasteiger partial charge on any atom is -0.463 e. The van der Waals surface area contributed by atoms with E-state index in [1.165, 1.54) is 13.8 Å². The molecule has 8 rings (SSSR count). The van der Waals surface area contributed by atoms with Gasteiger partial charge in [0.05, 0.1) is 39.6 Å². The topological polar surface area (TPSA) is 136 Å². The second-order valence-corrected chi connectivity index (χ2v) is 17.4. The molecule has 10 atom stereocenters. The first-order valence-corrected chi connectivity index (χ1v) is 24.0. The van der Waals surface area contributed by atoms with Gasteiger partial charge in [-0.1, -0.05) is 182 Å². The van der Waals surface area contributed by atoms with E-state index in [-0.39, 0.29) is 52.9 Å². The van der Waals surface area contributed by atoms with Gasteiger partial charge >= 0.3 is 11.9 Å². The van der Waals surface area contributed by atoms with Gasteiger partial charge in [-0.2, -0.15) is 0 Å². The highest BCUT2D eigenvalue weighted by Gasteiger charge is 2.54. The standard InChI is InChI=1S/C58H62O13/c1-41(59)61-39-49-51(63-33-43-21-9-3-10-22-43)53(65-35-45-25-13-5-14-26-45)55(67-37-47-29-17-7-18-30-47)57(69-49)71-58-56(68-38-48-31-19-8-20-32-48)54(66-36-46-27-15-6-16-28-46)52(50(70-58)40-62-42(2)60)64-34-44-23-11-4-12-24-44/h3-32,49-58H,33-40H2,1-2H3/t49-,50-,51-,52-,53+,54+,55-,56-,57-,58-/m1/s1. The number of hydrogen-bond acceptors (Lipinski definition) is 13. The predicted molar refractivity (Wildman–Crippen MR) is 262 cm³/mol. The summed E-state index contributed by atoms with van der Waals surface area (Å²) in [7, 11) is 0. The van der Waals surface area contributed by atoms with Crippen LogP contribution in [0.1, 0.15) is 47.2 Å². The van der Waals surface area contributed by atoms with Gasteiger partial charge in [-0.3, -0.25) is 9.59 Å². The molecule has 0 aliphatic carbocycles. The van der Waals surface area contributed by atoms with Crippen molar-refractivity contribution in [2.45, 2.75) is 115 Å². The van der Waals surface area contributed by atoms with Crippen LogP contribution in [0.5, 0.6) is 0 Å². The third kappa shape index (κ3) is 15.4. The summed E-state index contributed by atoms with van der Waals surface area (Å²) in [6.45, 7) is 3.32. The summed E-state index contributed by atoms with van der Waals surface area (Å²) in [6.07, 6.45) is -9.82. The summed E-state index contributed by atoms with van der Waals surface area (Å²) >= 11 is 0. The van der Waals surface area contributed by atoms with Gasteiger partial charge in [0.1, 0.15) is 62.0 Å². The Morgan fingerprint density at radius 1 is 0.338 bits per heavy atom. The Labute approximate surface area is 415 Å². The number of rotatable bonds is 24. The van der Waals surface area contributed by atoms with E-state index in [9.17, 15) is 9.59 Å². The number of ether oxygens (including phenoxy) is 11. The monoisotopic (exact) mass is 966 g/mol. The fraction of sp³-hybridized carbons (Fsp3) is 0.345. The highest BCUT2D eigenvalue weighted by Crippen LogP contribution is 2.37. The Morgan fingerprint density at radius 3 is 0.803 bits per heavy atom. The second kappa shape index (κ2) is 26.9. The lowest BCUT2D eigenvalue weighted by Gasteiger charge is -2.49. The zero-order chi connectivity index (χ0) is 49.0. The van der Waals surface area contributed by atoms with E-state index in [4.69, 9.17) is 52.1 Å². The second-order valence-electron chi connectivity index (χ2n) is 17.4. The smallest absolute Gasteiger partial charge is 0.302 e. The molecule has 71 heavy (non-hydrogen) atoms. The Morgan fingerprint density at radius 2 is 0.563 bits per heavy atom. The van der Waals surface area contributed by atoms with Crippen LogP contribution < -0.4 is 0 Å². The van der Waals surface area contributed by atoms with E-state index in [1.54, 1.807) is 0 Å². The van der Waals surface area contributed by atoms with Crippen molar-refractivity contribution in [2.24, 2.45) is 0 Å². The number of benzene rings is 6. The molecule has 13 heteroatoms. The Balaban J connectivity index is 1.20. The lowest BCUT2D eigenvalue weighted by atomic mass is 9.96. The molecule has 2 heterocycles. The molecule has 0 aromatic heterocycles. The van der Waals surface area contributed by atoms with Gasteiger partial charge in [0, 0.05) is 13.8 Å². The minimum atomic E-state index is -1.27. The van der Waals surface area contributed by atoms with Crippen LogP contribution in [0.3, 0.4) is 0 Å². The maximum atomic E-state index is 12.5. The van der Waals surface area contributed by atoms with Crippen molar-refractivity contribution in [3.05, 3.63) is 215 Å². The summed E-state index contributed by atoms with van der Waals surface area (Å²) in [5.41, 5.74) is 5.44. The highest BCUT2D eigenvalue weighted by atomic mass is 16.8. The average Bonchev–Trinajstić information content (AvgIpc) is 3.40. The van der Waals surface area contributed by atoms with E-state index in [2.05, 4.69) is 0 Å². The third-order valence-corrected chi connectivity index (χ3v) is 12.1. The largest absolute Gasteiger partial charge is 0.463 e. The Kier molecular flexibility index (Phi) is 19.4. The highest BCUT2D eigenvalue weighted by molar-refractivity contribution is 5.66. The number of esters is 2. The first kappa shape index (κ1) is 51.3. The zero-order valence-corrected chi connectivity index (χ0v) is 40.1. The van der Waals surface area contributed by atoms with Gasteiger partial charge in [0.25, 0.3) is 0 Å². The third-order valence-electron chi connectivity index (χ3n) is 12.1. The maximum absolute atomic E-state index is 12.5. The molecule has 0 saturated carbocycles. The number of hydrogen-bond donors (Lipinski definition) is 0. The van der Waals surface area contributed by atoms with Gasteiger partial charge in [-0.05, 0) is 33.4 Å². The van der Waals surface area contributed by atoms with Crippen molar-refractivity contribution < 1.29 is 61.7 Å². The number of carbonyl (C=O) groups is 2. The van der Waals surface area contributed by atoms with Crippen molar-refractivity contribution in [2.75, 3.05) is 13.2 Å². The molecule has 6 aromatic rings. The summed E-state index contributed by atoms with van der Waals surface area (Å²) in [4.78, 5) is 25.1. The van der Waals surface area contributed by atoms with Gasteiger partial charge in [-0.15, -0.1) is 0 Å². The molecule has 2 saturated heterocycles. The van der Waals surface area contributed by atoms with Crippen LogP contribution in [0.4, 0.5) is 0 Å². The maximum Gasteiger partial charge on any atom is 0.302 e. The molecule has 0 bridgehead atoms. The minimum absolute atomic E-state index is 0.146. The van der Waals surface area contributed by atoms with Crippen LogP contribution in [0.15, 0.2) is 182 Å². The molecule has 2 aliphatic rings. The summed E-state index contributed by atoms with van der Waals surface area (Å²) in [5, 5.41) is 0. The first-order chi connectivity index (χ1) is 34.9. The van der Waals surface area contributed by atoms with Gasteiger partial charge < -0.3 is 52.1 Å². The van der Waals surface area contributed by atoms with Gasteiger partial charge in [0.15, 0.2) is 12.6 Å². The Hall–Kier alpha value is -6.10. The molecule has 0 spiro atoms. The van der Waals surface area contributed by atoms with Crippen LogP contribution in [-0.2, 0) is 101 Å². The summed E-state index contributed by atoms with van der Waals surface area (Å²) in [6, 6.07) is 58.6. The first-order valence-electron chi connectivity index (χ1n) is 24.0. The molecule has 13 nitrogen and oxygen atoms in total. The average molecular weight is 967 g/mol. The van der Waals surface area contributed by atoms with Crippen molar-refractivity contribution in [1.82, 2.24) is 0 Å². The van der Waals surface area contributed by atoms with E-state index >= 15 is 0 Å². The van der Waals surface area contributed by atoms with Crippen LogP contribution in [0.2, 0.25) is 0 Å². The SMILES string of the molecule is CC(=O)OC[C@H]1O[C@H](O[C@H]2O[C@H](COC(C)=O)[C@@H](OCc3ccccc3)[C@H](OCc3ccccc3)[C@H]2OCc2ccccc2)[C@H](OCc2ccccc2)[C@@H](OCc2ccccc2)[C@@H]1OCc1ccccc1. The van der Waals surface area contributed by atoms with Gasteiger partial charge in [0.2, 0.25) is 0 Å². The molecular weight excluding hydrogens is 905 g/mol. The lowest BCUT2D eigenvalue weighted by Crippen LogP contribution is -2.66. The molecule has 0 unspecified atom stereocenters. The van der Waals surface area contributed by atoms with Crippen molar-refractivity contribution >= 4 is 11.9 Å². The van der Waals surface area contributed by atoms with E-state index in [0.29, 0.717) is 0 Å². The fourth-order valence-corrected chi connectivity index (χ4v) is 8.51. The van der Waals surface area contributed by atoms with Crippen molar-refractivity contribution in [1.29, 1.82) is 0 Å². The fourth-order valence-electron chi connectivity index (χ4n) is 8.51. The van der Waals surface area contributed by atoms with E-state index in [1.807, 2.05) is 182 Å². The van der Waals surface area contributed by atoms with Crippen LogP contribution in [0, 0.1) is 0 Å². The molecule has 6 aromatic carbocycles. The predicted octanol–water partition coefficient (Wildman–Crippen LogP) is 9.09. The van der Waals surface area contributed by atoms with Gasteiger partial charge in [-0.25, -0.2) is 0 Å². The molecule has 0 amide bonds. The normalized spacial score (nSPS) is 24.2. The quantitative estimate of drug-likeness (QED) is 0.0535. The molecule has 2 fully saturated rings. The molecule has 372 valence electrons. The molecule has 2 aliphatic heterocycles. The van der Waals surface area contributed by atoms with Crippen molar-refractivity contribution in [3.63, 3.8) is 0 Å². The zero-order valence-electron chi connectivity index (χ0n) is 40.1. The molecule has 0 N–H and O–H groups in total. The Bertz CT molecular complexity index is 2280. The van der Waals surface area contributed by atoms with E-state index in [0.717, 1.165) is 33.4 Å². The van der Waals surface area contributed by atoms with Crippen molar-refractivity contribution in [3.8, 4) is 0 Å². The molecule has 0 radical (unpaired) electrons. The molecular formula is C58H62O13.